The molecule has 7 heteroatoms. The number of ether oxygens (including phenoxy) is 1. The standard InChI is InChI=1S/C19H22N2O4S/c1-13-10-14(2)12-17(11-13)26(23,24)20-18-8-9-21(19(18)22)15-4-6-16(25-3)7-5-15/h4-7,10-12,18,20H,8-9H2,1-3H3/t18-/m1/s1. The van der Waals surface area contributed by atoms with Gasteiger partial charge in [0.05, 0.1) is 12.0 Å². The van der Waals surface area contributed by atoms with Crippen LogP contribution in [0, 0.1) is 13.8 Å². The Morgan fingerprint density at radius 1 is 1.08 bits per heavy atom. The van der Waals surface area contributed by atoms with Crippen molar-refractivity contribution in [2.45, 2.75) is 31.2 Å². The van der Waals surface area contributed by atoms with Gasteiger partial charge in [-0.15, -0.1) is 0 Å². The van der Waals surface area contributed by atoms with E-state index in [-0.39, 0.29) is 10.8 Å². The zero-order valence-electron chi connectivity index (χ0n) is 15.0. The molecule has 0 bridgehead atoms. The first kappa shape index (κ1) is 18.4. The summed E-state index contributed by atoms with van der Waals surface area (Å²) in [5.41, 5.74) is 2.45. The van der Waals surface area contributed by atoms with Gasteiger partial charge in [-0.3, -0.25) is 4.79 Å². The Labute approximate surface area is 153 Å². The van der Waals surface area contributed by atoms with Crippen LogP contribution in [0.3, 0.4) is 0 Å². The number of hydrogen-bond acceptors (Lipinski definition) is 4. The molecule has 0 unspecified atom stereocenters. The highest BCUT2D eigenvalue weighted by Crippen LogP contribution is 2.25. The van der Waals surface area contributed by atoms with Gasteiger partial charge in [0.2, 0.25) is 15.9 Å². The van der Waals surface area contributed by atoms with Gasteiger partial charge in [0.1, 0.15) is 11.8 Å². The van der Waals surface area contributed by atoms with Crippen molar-refractivity contribution in [2.75, 3.05) is 18.6 Å². The number of nitrogens with zero attached hydrogens (tertiary/aromatic N) is 1. The second-order valence-electron chi connectivity index (χ2n) is 6.47. The average molecular weight is 374 g/mol. The van der Waals surface area contributed by atoms with Crippen molar-refractivity contribution in [3.8, 4) is 5.75 Å². The maximum Gasteiger partial charge on any atom is 0.245 e. The number of carbonyl (C=O) groups excluding carboxylic acids is 1. The van der Waals surface area contributed by atoms with E-state index in [2.05, 4.69) is 4.72 Å². The van der Waals surface area contributed by atoms with Crippen molar-refractivity contribution in [1.29, 1.82) is 0 Å². The third kappa shape index (κ3) is 3.73. The number of rotatable bonds is 5. The highest BCUT2D eigenvalue weighted by molar-refractivity contribution is 7.89. The molecule has 1 amide bonds. The van der Waals surface area contributed by atoms with Crippen molar-refractivity contribution < 1.29 is 17.9 Å². The minimum atomic E-state index is -3.76. The largest absolute Gasteiger partial charge is 0.497 e. The molecule has 138 valence electrons. The smallest absolute Gasteiger partial charge is 0.245 e. The molecule has 1 saturated heterocycles. The maximum absolute atomic E-state index is 12.7. The number of amides is 1. The molecule has 26 heavy (non-hydrogen) atoms. The van der Waals surface area contributed by atoms with Crippen LogP contribution < -0.4 is 14.4 Å². The summed E-state index contributed by atoms with van der Waals surface area (Å²) in [6.45, 7) is 4.15. The van der Waals surface area contributed by atoms with E-state index in [1.165, 1.54) is 0 Å². The van der Waals surface area contributed by atoms with Gasteiger partial charge < -0.3 is 9.64 Å². The van der Waals surface area contributed by atoms with Crippen LogP contribution in [0.25, 0.3) is 0 Å². The second kappa shape index (κ2) is 7.09. The Kier molecular flexibility index (Phi) is 5.02. The summed E-state index contributed by atoms with van der Waals surface area (Å²) in [5, 5.41) is 0. The fourth-order valence-corrected chi connectivity index (χ4v) is 4.56. The Morgan fingerprint density at radius 3 is 2.27 bits per heavy atom. The van der Waals surface area contributed by atoms with Crippen LogP contribution in [0.4, 0.5) is 5.69 Å². The van der Waals surface area contributed by atoms with Crippen LogP contribution >= 0.6 is 0 Å². The molecule has 1 atom stereocenters. The van der Waals surface area contributed by atoms with E-state index in [0.29, 0.717) is 18.7 Å². The van der Waals surface area contributed by atoms with Crippen LogP contribution in [0.1, 0.15) is 17.5 Å². The van der Waals surface area contributed by atoms with E-state index in [9.17, 15) is 13.2 Å². The van der Waals surface area contributed by atoms with E-state index in [1.54, 1.807) is 48.4 Å². The molecule has 6 nitrogen and oxygen atoms in total. The topological polar surface area (TPSA) is 75.7 Å². The number of sulfonamides is 1. The Morgan fingerprint density at radius 2 is 1.69 bits per heavy atom. The first-order valence-corrected chi connectivity index (χ1v) is 9.84. The first-order valence-electron chi connectivity index (χ1n) is 8.36. The molecule has 0 spiro atoms. The summed E-state index contributed by atoms with van der Waals surface area (Å²) in [7, 11) is -2.18. The van der Waals surface area contributed by atoms with Crippen molar-refractivity contribution >= 4 is 21.6 Å². The van der Waals surface area contributed by atoms with E-state index in [4.69, 9.17) is 4.74 Å². The maximum atomic E-state index is 12.7. The summed E-state index contributed by atoms with van der Waals surface area (Å²) >= 11 is 0. The third-order valence-corrected chi connectivity index (χ3v) is 5.84. The molecule has 2 aromatic carbocycles. The first-order chi connectivity index (χ1) is 12.3. The van der Waals surface area contributed by atoms with Gasteiger partial charge in [0, 0.05) is 12.2 Å². The molecule has 2 aromatic rings. The second-order valence-corrected chi connectivity index (χ2v) is 8.19. The Hall–Kier alpha value is -2.38. The molecule has 0 radical (unpaired) electrons. The van der Waals surface area contributed by atoms with Crippen LogP contribution in [0.2, 0.25) is 0 Å². The zero-order chi connectivity index (χ0) is 18.9. The average Bonchev–Trinajstić information content (AvgIpc) is 2.94. The van der Waals surface area contributed by atoms with Crippen molar-refractivity contribution in [3.63, 3.8) is 0 Å². The van der Waals surface area contributed by atoms with Gasteiger partial charge in [0.15, 0.2) is 0 Å². The number of carbonyl (C=O) groups is 1. The van der Waals surface area contributed by atoms with Gasteiger partial charge in [-0.2, -0.15) is 4.72 Å². The minimum Gasteiger partial charge on any atom is -0.497 e. The van der Waals surface area contributed by atoms with E-state index < -0.39 is 16.1 Å². The van der Waals surface area contributed by atoms with Gasteiger partial charge in [-0.1, -0.05) is 6.07 Å². The van der Waals surface area contributed by atoms with E-state index in [0.717, 1.165) is 16.8 Å². The van der Waals surface area contributed by atoms with E-state index in [1.807, 2.05) is 19.9 Å². The Bertz CT molecular complexity index is 903. The van der Waals surface area contributed by atoms with Crippen molar-refractivity contribution in [2.24, 2.45) is 0 Å². The fraction of sp³-hybridized carbons (Fsp3) is 0.316. The lowest BCUT2D eigenvalue weighted by molar-refractivity contribution is -0.118. The monoisotopic (exact) mass is 374 g/mol. The quantitative estimate of drug-likeness (QED) is 0.872. The van der Waals surface area contributed by atoms with Crippen LogP contribution in [0.5, 0.6) is 5.75 Å². The van der Waals surface area contributed by atoms with Crippen LogP contribution in [-0.2, 0) is 14.8 Å². The molecular formula is C19H22N2O4S. The predicted molar refractivity (Wildman–Crippen MR) is 100.0 cm³/mol. The van der Waals surface area contributed by atoms with Gasteiger partial charge >= 0.3 is 0 Å². The zero-order valence-corrected chi connectivity index (χ0v) is 15.8. The lowest BCUT2D eigenvalue weighted by atomic mass is 10.2. The minimum absolute atomic E-state index is 0.186. The highest BCUT2D eigenvalue weighted by atomic mass is 32.2. The fourth-order valence-electron chi connectivity index (χ4n) is 3.15. The number of aryl methyl sites for hydroxylation is 2. The number of hydrogen-bond donors (Lipinski definition) is 1. The predicted octanol–water partition coefficient (Wildman–Crippen LogP) is 2.40. The molecule has 1 aliphatic heterocycles. The summed E-state index contributed by atoms with van der Waals surface area (Å²) < 4.78 is 33.0. The molecule has 1 heterocycles. The summed E-state index contributed by atoms with van der Waals surface area (Å²) in [6, 6.07) is 11.5. The van der Waals surface area contributed by atoms with Crippen LogP contribution in [-0.4, -0.2) is 34.0 Å². The summed E-state index contributed by atoms with van der Waals surface area (Å²) in [4.78, 5) is 14.4. The molecule has 0 saturated carbocycles. The summed E-state index contributed by atoms with van der Waals surface area (Å²) in [6.07, 6.45) is 0.425. The van der Waals surface area contributed by atoms with Crippen molar-refractivity contribution in [1.82, 2.24) is 4.72 Å². The number of benzene rings is 2. The van der Waals surface area contributed by atoms with Gasteiger partial charge in [-0.25, -0.2) is 8.42 Å². The number of anilines is 1. The van der Waals surface area contributed by atoms with Gasteiger partial charge in [0.25, 0.3) is 0 Å². The Balaban J connectivity index is 1.77. The van der Waals surface area contributed by atoms with Crippen molar-refractivity contribution in [3.05, 3.63) is 53.6 Å². The molecular weight excluding hydrogens is 352 g/mol. The summed E-state index contributed by atoms with van der Waals surface area (Å²) in [5.74, 6) is 0.454. The third-order valence-electron chi connectivity index (χ3n) is 4.39. The molecule has 1 fully saturated rings. The molecule has 0 aliphatic carbocycles. The molecule has 0 aromatic heterocycles. The SMILES string of the molecule is COc1ccc(N2CC[C@@H](NS(=O)(=O)c3cc(C)cc(C)c3)C2=O)cc1. The van der Waals surface area contributed by atoms with Crippen LogP contribution in [0.15, 0.2) is 47.4 Å². The normalized spacial score (nSPS) is 17.6. The lowest BCUT2D eigenvalue weighted by Gasteiger charge is -2.18. The van der Waals surface area contributed by atoms with E-state index >= 15 is 0 Å². The highest BCUT2D eigenvalue weighted by Gasteiger charge is 2.35. The molecule has 1 aliphatic rings. The molecule has 3 rings (SSSR count). The van der Waals surface area contributed by atoms with Gasteiger partial charge in [-0.05, 0) is 67.8 Å². The lowest BCUT2D eigenvalue weighted by Crippen LogP contribution is -2.41. The number of methoxy groups -OCH3 is 1. The number of nitrogens with one attached hydrogen (secondary N) is 1. The molecule has 1 N–H and O–H groups in total.